The van der Waals surface area contributed by atoms with Crippen LogP contribution in [0.4, 0.5) is 21.0 Å². The second-order valence-corrected chi connectivity index (χ2v) is 15.3. The number of aromatic nitrogens is 8. The summed E-state index contributed by atoms with van der Waals surface area (Å²) in [5, 5.41) is 18.7. The molecule has 0 spiro atoms. The summed E-state index contributed by atoms with van der Waals surface area (Å²) >= 11 is 0. The molecule has 0 radical (unpaired) electrons. The number of carbonyl (C=O) groups excluding carboxylic acids is 2. The Morgan fingerprint density at radius 2 is 1.75 bits per heavy atom. The van der Waals surface area contributed by atoms with E-state index in [2.05, 4.69) is 55.4 Å². The summed E-state index contributed by atoms with van der Waals surface area (Å²) in [4.78, 5) is 80.2. The Hall–Kier alpha value is -6.71. The SMILES string of the molecule is [C-]#[N+]CCOP(OC[C@H]1O[C@@H](n2cnc3c(NC(=O)c4ccccc4)ncnc32)[C@H](OC(=O)O)[C@@H]1N=[N+]=[N-])O[C@@H]1[C@H](F)[C@@H](CC)O[C@H]1n1cnc2c(=O)[nH]c(NC(=O)C(C)C)nc21. The summed E-state index contributed by atoms with van der Waals surface area (Å²) in [6, 6.07) is 6.94. The molecule has 4 aromatic heterocycles. The van der Waals surface area contributed by atoms with E-state index in [0.717, 1.165) is 6.33 Å². The molecule has 2 aliphatic heterocycles. The number of nitrogens with zero attached hydrogens (tertiary/aromatic N) is 11. The van der Waals surface area contributed by atoms with Crippen LogP contribution in [0.3, 0.4) is 0 Å². The fourth-order valence-corrected chi connectivity index (χ4v) is 7.82. The maximum Gasteiger partial charge on any atom is 0.506 e. The highest BCUT2D eigenvalue weighted by atomic mass is 31.2. The lowest BCUT2D eigenvalue weighted by molar-refractivity contribution is -0.118. The van der Waals surface area contributed by atoms with Crippen molar-refractivity contribution in [1.82, 2.24) is 39.0 Å². The van der Waals surface area contributed by atoms with Crippen molar-refractivity contribution in [3.05, 3.63) is 87.1 Å². The fraction of sp³-hybridized carbons (Fsp3) is 0.444. The van der Waals surface area contributed by atoms with Crippen molar-refractivity contribution in [3.63, 3.8) is 0 Å². The van der Waals surface area contributed by atoms with E-state index >= 15 is 4.39 Å². The number of azide groups is 1. The maximum atomic E-state index is 16.3. The van der Waals surface area contributed by atoms with Crippen molar-refractivity contribution in [2.24, 2.45) is 11.0 Å². The van der Waals surface area contributed by atoms with Gasteiger partial charge in [0.15, 0.2) is 52.9 Å². The highest BCUT2D eigenvalue weighted by molar-refractivity contribution is 7.41. The van der Waals surface area contributed by atoms with E-state index in [-0.39, 0.29) is 53.7 Å². The summed E-state index contributed by atoms with van der Waals surface area (Å²) < 4.78 is 54.4. The van der Waals surface area contributed by atoms with E-state index in [1.165, 1.54) is 21.8 Å². The zero-order valence-corrected chi connectivity index (χ0v) is 34.3. The van der Waals surface area contributed by atoms with Crippen molar-refractivity contribution in [1.29, 1.82) is 0 Å². The van der Waals surface area contributed by atoms with Crippen LogP contribution < -0.4 is 16.2 Å². The van der Waals surface area contributed by atoms with Crippen LogP contribution in [0, 0.1) is 12.5 Å². The van der Waals surface area contributed by atoms with E-state index in [1.54, 1.807) is 51.1 Å². The van der Waals surface area contributed by atoms with E-state index in [9.17, 15) is 29.8 Å². The third kappa shape index (κ3) is 9.54. The number of halogens is 1. The fourth-order valence-electron chi connectivity index (χ4n) is 6.70. The van der Waals surface area contributed by atoms with Gasteiger partial charge in [0.1, 0.15) is 25.1 Å². The standard InChI is InChI=1S/C36H38FN14O11P/c1-5-19-21(37)25(33(59-19)51-16-43-24-29(51)45-35(47-32(24)54)46-30(52)17(2)3)62-63(57-12-11-39-4)58-13-20-22(48-49-38)26(61-36(55)56)34(60-20)50-15-42-23-27(40-14-41-28(23)50)44-31(53)18-9-7-6-8-10-18/h6-10,14-17,19-22,25-26,33-34H,5,11-13H2,1-3H3,(H,55,56)(H,40,41,44,53)(H2,45,46,47,52,54)/t19-,20-,21-,22-,25-,26-,33-,34-,63?/m1/s1. The first-order chi connectivity index (χ1) is 30.4. The Kier molecular flexibility index (Phi) is 13.8. The van der Waals surface area contributed by atoms with Gasteiger partial charge in [-0.3, -0.25) is 33.8 Å². The van der Waals surface area contributed by atoms with Gasteiger partial charge >= 0.3 is 14.8 Å². The van der Waals surface area contributed by atoms with Gasteiger partial charge in [0, 0.05) is 16.4 Å². The number of hydrogen-bond acceptors (Lipinski definition) is 16. The van der Waals surface area contributed by atoms with Crippen LogP contribution in [-0.2, 0) is 32.6 Å². The van der Waals surface area contributed by atoms with Crippen LogP contribution in [0.1, 0.15) is 50.0 Å². The van der Waals surface area contributed by atoms with E-state index in [4.69, 9.17) is 34.4 Å². The summed E-state index contributed by atoms with van der Waals surface area (Å²) in [7, 11) is -2.60. The molecule has 27 heteroatoms. The van der Waals surface area contributed by atoms with Gasteiger partial charge < -0.3 is 43.1 Å². The van der Waals surface area contributed by atoms with Crippen LogP contribution in [0.2, 0.25) is 0 Å². The molecule has 9 atom stereocenters. The Labute approximate surface area is 355 Å². The molecule has 63 heavy (non-hydrogen) atoms. The number of hydrogen-bond donors (Lipinski definition) is 4. The molecule has 4 N–H and O–H groups in total. The highest BCUT2D eigenvalue weighted by Crippen LogP contribution is 2.49. The molecule has 0 aliphatic carbocycles. The molecular weight excluding hydrogens is 854 g/mol. The summed E-state index contributed by atoms with van der Waals surface area (Å²) in [5.74, 6) is -1.51. The third-order valence-electron chi connectivity index (χ3n) is 9.73. The largest absolute Gasteiger partial charge is 0.506 e. The second-order valence-electron chi connectivity index (χ2n) is 14.1. The van der Waals surface area contributed by atoms with E-state index in [0.29, 0.717) is 5.56 Å². The molecule has 25 nitrogen and oxygen atoms in total. The molecule has 0 saturated carbocycles. The third-order valence-corrected chi connectivity index (χ3v) is 10.9. The van der Waals surface area contributed by atoms with Gasteiger partial charge in [-0.05, 0) is 24.1 Å². The zero-order chi connectivity index (χ0) is 44.8. The Bertz CT molecular complexity index is 2620. The number of anilines is 2. The van der Waals surface area contributed by atoms with Gasteiger partial charge in [-0.2, -0.15) is 4.98 Å². The average Bonchev–Trinajstić information content (AvgIpc) is 4.04. The van der Waals surface area contributed by atoms with E-state index in [1.807, 2.05) is 0 Å². The molecule has 6 heterocycles. The predicted molar refractivity (Wildman–Crippen MR) is 215 cm³/mol. The van der Waals surface area contributed by atoms with Gasteiger partial charge in [0.25, 0.3) is 11.5 Å². The maximum absolute atomic E-state index is 16.3. The lowest BCUT2D eigenvalue weighted by Crippen LogP contribution is -2.35. The number of ether oxygens (including phenoxy) is 3. The second kappa shape index (κ2) is 19.6. The normalized spacial score (nSPS) is 23.6. The summed E-state index contributed by atoms with van der Waals surface area (Å²) in [5.41, 5.74) is 9.22. The van der Waals surface area contributed by atoms with Crippen LogP contribution >= 0.6 is 8.60 Å². The van der Waals surface area contributed by atoms with Crippen LogP contribution in [0.25, 0.3) is 37.6 Å². The van der Waals surface area contributed by atoms with Crippen molar-refractivity contribution >= 4 is 60.7 Å². The molecule has 5 aromatic rings. The monoisotopic (exact) mass is 892 g/mol. The number of benzene rings is 1. The summed E-state index contributed by atoms with van der Waals surface area (Å²) in [6.45, 7) is 11.3. The zero-order valence-electron chi connectivity index (χ0n) is 33.4. The number of aromatic amines is 1. The van der Waals surface area contributed by atoms with Crippen LogP contribution in [-0.4, -0.2) is 119 Å². The lowest BCUT2D eigenvalue weighted by atomic mass is 10.1. The quantitative estimate of drug-likeness (QED) is 0.0188. The minimum Gasteiger partial charge on any atom is -0.450 e. The Morgan fingerprint density at radius 3 is 2.44 bits per heavy atom. The summed E-state index contributed by atoms with van der Waals surface area (Å²) in [6.07, 6.45) is -7.78. The van der Waals surface area contributed by atoms with Gasteiger partial charge in [0.2, 0.25) is 18.4 Å². The first kappa shape index (κ1) is 44.3. The number of alkyl halides is 1. The smallest absolute Gasteiger partial charge is 0.450 e. The van der Waals surface area contributed by atoms with Crippen molar-refractivity contribution in [3.8, 4) is 0 Å². The van der Waals surface area contributed by atoms with Gasteiger partial charge in [0.05, 0.1) is 31.5 Å². The first-order valence-electron chi connectivity index (χ1n) is 19.2. The molecule has 1 unspecified atom stereocenters. The molecule has 0 bridgehead atoms. The Morgan fingerprint density at radius 1 is 1.03 bits per heavy atom. The van der Waals surface area contributed by atoms with Crippen molar-refractivity contribution in [2.45, 2.75) is 76.3 Å². The van der Waals surface area contributed by atoms with Crippen molar-refractivity contribution in [2.75, 3.05) is 30.4 Å². The minimum absolute atomic E-state index is 0.0300. The van der Waals surface area contributed by atoms with Crippen molar-refractivity contribution < 1.29 is 51.7 Å². The number of amides is 2. The number of carboxylic acid groups (broad SMARTS) is 1. The molecule has 330 valence electrons. The topological polar surface area (TPSA) is 311 Å². The number of nitrogens with one attached hydrogen (secondary N) is 3. The lowest BCUT2D eigenvalue weighted by Gasteiger charge is -2.26. The van der Waals surface area contributed by atoms with Gasteiger partial charge in [-0.25, -0.2) is 35.7 Å². The van der Waals surface area contributed by atoms with Crippen LogP contribution in [0.5, 0.6) is 0 Å². The molecule has 7 rings (SSSR count). The molecular formula is C36H38FN14O11P. The molecule has 2 amide bonds. The number of rotatable bonds is 17. The van der Waals surface area contributed by atoms with Gasteiger partial charge in [-0.1, -0.05) is 44.1 Å². The Balaban J connectivity index is 1.15. The first-order valence-corrected chi connectivity index (χ1v) is 20.3. The number of H-pyrrole nitrogens is 1. The molecule has 2 saturated heterocycles. The predicted octanol–water partition coefficient (Wildman–Crippen LogP) is 4.66. The molecule has 2 fully saturated rings. The highest BCUT2D eigenvalue weighted by Gasteiger charge is 2.51. The minimum atomic E-state index is -2.60. The van der Waals surface area contributed by atoms with Gasteiger partial charge in [-0.15, -0.1) is 0 Å². The average molecular weight is 893 g/mol. The molecule has 2 aliphatic rings. The molecule has 1 aromatic carbocycles. The van der Waals surface area contributed by atoms with Crippen LogP contribution in [0.15, 0.2) is 59.2 Å². The number of imidazole rings is 2. The number of carbonyl (C=O) groups is 3. The number of fused-ring (bicyclic) bond motifs is 2. The van der Waals surface area contributed by atoms with E-state index < -0.39 is 93.7 Å².